The number of hydrogen-bond donors (Lipinski definition) is 0. The third kappa shape index (κ3) is 2.62. The molecule has 0 unspecified atom stereocenters. The Kier molecular flexibility index (Phi) is 3.82. The summed E-state index contributed by atoms with van der Waals surface area (Å²) in [7, 11) is 0. The molecule has 2 aromatic rings. The molecular weight excluding hydrogens is 325 g/mol. The SMILES string of the molecule is Cc1c(C=CCBr)sc2ccc(C(F)(F)F)cc12. The number of hydrogen-bond acceptors (Lipinski definition) is 1. The van der Waals surface area contributed by atoms with E-state index >= 15 is 0 Å². The van der Waals surface area contributed by atoms with E-state index in [0.717, 1.165) is 26.5 Å². The van der Waals surface area contributed by atoms with Crippen LogP contribution in [-0.2, 0) is 6.18 Å². The quantitative estimate of drug-likeness (QED) is 0.623. The summed E-state index contributed by atoms with van der Waals surface area (Å²) in [6.07, 6.45) is -0.418. The van der Waals surface area contributed by atoms with E-state index in [1.54, 1.807) is 6.07 Å². The number of rotatable bonds is 2. The van der Waals surface area contributed by atoms with Gasteiger partial charge in [-0.1, -0.05) is 22.0 Å². The molecule has 0 fully saturated rings. The van der Waals surface area contributed by atoms with E-state index in [1.165, 1.54) is 17.4 Å². The molecule has 0 saturated heterocycles. The molecule has 0 radical (unpaired) electrons. The number of benzene rings is 1. The van der Waals surface area contributed by atoms with Crippen molar-refractivity contribution in [2.45, 2.75) is 13.1 Å². The Morgan fingerprint density at radius 1 is 1.33 bits per heavy atom. The maximum atomic E-state index is 12.6. The maximum absolute atomic E-state index is 12.6. The van der Waals surface area contributed by atoms with Crippen LogP contribution in [-0.4, -0.2) is 5.33 Å². The van der Waals surface area contributed by atoms with Gasteiger partial charge in [0.2, 0.25) is 0 Å². The summed E-state index contributed by atoms with van der Waals surface area (Å²) in [5, 5.41) is 1.41. The summed E-state index contributed by atoms with van der Waals surface area (Å²) in [6, 6.07) is 3.91. The molecule has 1 aromatic carbocycles. The zero-order chi connectivity index (χ0) is 13.3. The standard InChI is InChI=1S/C13H10BrF3S/c1-8-10-7-9(13(15,16)17)4-5-12(10)18-11(8)3-2-6-14/h2-5,7H,6H2,1H3. The van der Waals surface area contributed by atoms with E-state index in [9.17, 15) is 13.2 Å². The molecule has 2 rings (SSSR count). The molecule has 0 amide bonds. The van der Waals surface area contributed by atoms with E-state index in [-0.39, 0.29) is 0 Å². The van der Waals surface area contributed by atoms with Gasteiger partial charge in [-0.15, -0.1) is 11.3 Å². The summed E-state index contributed by atoms with van der Waals surface area (Å²) < 4.78 is 38.8. The van der Waals surface area contributed by atoms with E-state index < -0.39 is 11.7 Å². The predicted octanol–water partition coefficient (Wildman–Crippen LogP) is 5.64. The van der Waals surface area contributed by atoms with E-state index in [2.05, 4.69) is 15.9 Å². The average molecular weight is 335 g/mol. The molecule has 0 aliphatic rings. The highest BCUT2D eigenvalue weighted by atomic mass is 79.9. The van der Waals surface area contributed by atoms with Crippen molar-refractivity contribution in [1.29, 1.82) is 0 Å². The summed E-state index contributed by atoms with van der Waals surface area (Å²) in [6.45, 7) is 1.85. The van der Waals surface area contributed by atoms with Gasteiger partial charge in [-0.25, -0.2) is 0 Å². The Labute approximate surface area is 115 Å². The fraction of sp³-hybridized carbons (Fsp3) is 0.231. The molecule has 96 valence electrons. The van der Waals surface area contributed by atoms with Crippen LogP contribution in [0.5, 0.6) is 0 Å². The lowest BCUT2D eigenvalue weighted by molar-refractivity contribution is -0.137. The fourth-order valence-electron chi connectivity index (χ4n) is 1.73. The van der Waals surface area contributed by atoms with Crippen molar-refractivity contribution >= 4 is 43.4 Å². The lowest BCUT2D eigenvalue weighted by Gasteiger charge is -2.06. The summed E-state index contributed by atoms with van der Waals surface area (Å²) in [5.74, 6) is 0. The molecule has 0 spiro atoms. The van der Waals surface area contributed by atoms with Gasteiger partial charge >= 0.3 is 6.18 Å². The monoisotopic (exact) mass is 334 g/mol. The van der Waals surface area contributed by atoms with Gasteiger partial charge in [-0.05, 0) is 42.1 Å². The van der Waals surface area contributed by atoms with Gasteiger partial charge in [0.1, 0.15) is 0 Å². The third-order valence-corrected chi connectivity index (χ3v) is 4.27. The minimum atomic E-state index is -4.28. The number of allylic oxidation sites excluding steroid dienone is 1. The Morgan fingerprint density at radius 3 is 2.67 bits per heavy atom. The highest BCUT2D eigenvalue weighted by Crippen LogP contribution is 2.36. The van der Waals surface area contributed by atoms with Gasteiger partial charge in [0.15, 0.2) is 0 Å². The number of halogens is 4. The van der Waals surface area contributed by atoms with Crippen molar-refractivity contribution in [1.82, 2.24) is 0 Å². The van der Waals surface area contributed by atoms with Crippen LogP contribution in [0.15, 0.2) is 24.3 Å². The van der Waals surface area contributed by atoms with Crippen LogP contribution in [0.4, 0.5) is 13.2 Å². The minimum Gasteiger partial charge on any atom is -0.166 e. The number of alkyl halides is 4. The summed E-state index contributed by atoms with van der Waals surface area (Å²) in [5.41, 5.74) is 0.310. The Balaban J connectivity index is 2.57. The summed E-state index contributed by atoms with van der Waals surface area (Å²) >= 11 is 4.79. The van der Waals surface area contributed by atoms with Gasteiger partial charge in [0, 0.05) is 14.9 Å². The topological polar surface area (TPSA) is 0 Å². The van der Waals surface area contributed by atoms with Gasteiger partial charge in [-0.2, -0.15) is 13.2 Å². The first kappa shape index (κ1) is 13.6. The van der Waals surface area contributed by atoms with E-state index in [1.807, 2.05) is 19.1 Å². The van der Waals surface area contributed by atoms with E-state index in [0.29, 0.717) is 5.39 Å². The first-order chi connectivity index (χ1) is 8.43. The van der Waals surface area contributed by atoms with Crippen molar-refractivity contribution in [2.24, 2.45) is 0 Å². The number of thiophene rings is 1. The molecule has 0 bridgehead atoms. The lowest BCUT2D eigenvalue weighted by Crippen LogP contribution is -2.03. The lowest BCUT2D eigenvalue weighted by atomic mass is 10.1. The molecule has 0 aliphatic carbocycles. The van der Waals surface area contributed by atoms with Gasteiger partial charge in [-0.3, -0.25) is 0 Å². The van der Waals surface area contributed by atoms with Crippen LogP contribution in [0, 0.1) is 6.92 Å². The van der Waals surface area contributed by atoms with Crippen molar-refractivity contribution in [2.75, 3.05) is 5.33 Å². The molecule has 0 N–H and O–H groups in total. The normalized spacial score (nSPS) is 12.7. The smallest absolute Gasteiger partial charge is 0.166 e. The van der Waals surface area contributed by atoms with Gasteiger partial charge in [0.25, 0.3) is 0 Å². The third-order valence-electron chi connectivity index (χ3n) is 2.66. The zero-order valence-corrected chi connectivity index (χ0v) is 11.9. The van der Waals surface area contributed by atoms with Crippen LogP contribution < -0.4 is 0 Å². The van der Waals surface area contributed by atoms with E-state index in [4.69, 9.17) is 0 Å². The minimum absolute atomic E-state index is 0.591. The highest BCUT2D eigenvalue weighted by Gasteiger charge is 2.30. The van der Waals surface area contributed by atoms with Crippen LogP contribution in [0.3, 0.4) is 0 Å². The van der Waals surface area contributed by atoms with Gasteiger partial charge < -0.3 is 0 Å². The predicted molar refractivity (Wildman–Crippen MR) is 74.4 cm³/mol. The van der Waals surface area contributed by atoms with Crippen molar-refractivity contribution in [3.63, 3.8) is 0 Å². The fourth-order valence-corrected chi connectivity index (χ4v) is 3.04. The molecule has 0 saturated carbocycles. The molecule has 0 nitrogen and oxygen atoms in total. The van der Waals surface area contributed by atoms with Gasteiger partial charge in [0.05, 0.1) is 5.56 Å². The Hall–Kier alpha value is -0.810. The first-order valence-corrected chi connectivity index (χ1v) is 7.20. The summed E-state index contributed by atoms with van der Waals surface area (Å²) in [4.78, 5) is 1.00. The molecule has 1 heterocycles. The second kappa shape index (κ2) is 5.05. The second-order valence-corrected chi connectivity index (χ2v) is 5.59. The zero-order valence-electron chi connectivity index (χ0n) is 9.51. The van der Waals surface area contributed by atoms with Crippen molar-refractivity contribution in [3.05, 3.63) is 40.3 Å². The van der Waals surface area contributed by atoms with Crippen molar-refractivity contribution < 1.29 is 13.2 Å². The first-order valence-electron chi connectivity index (χ1n) is 5.26. The van der Waals surface area contributed by atoms with Crippen LogP contribution in [0.2, 0.25) is 0 Å². The maximum Gasteiger partial charge on any atom is 0.416 e. The molecule has 5 heteroatoms. The number of aryl methyl sites for hydroxylation is 1. The molecule has 1 aromatic heterocycles. The van der Waals surface area contributed by atoms with Crippen LogP contribution in [0.25, 0.3) is 16.2 Å². The van der Waals surface area contributed by atoms with Crippen molar-refractivity contribution in [3.8, 4) is 0 Å². The second-order valence-electron chi connectivity index (χ2n) is 3.86. The Bertz CT molecular complexity index is 596. The molecule has 0 atom stereocenters. The van der Waals surface area contributed by atoms with Crippen LogP contribution in [0.1, 0.15) is 16.0 Å². The average Bonchev–Trinajstić information content (AvgIpc) is 2.62. The molecule has 18 heavy (non-hydrogen) atoms. The van der Waals surface area contributed by atoms with Crippen LogP contribution >= 0.6 is 27.3 Å². The molecular formula is C13H10BrF3S. The Morgan fingerprint density at radius 2 is 2.06 bits per heavy atom. The molecule has 0 aliphatic heterocycles. The largest absolute Gasteiger partial charge is 0.416 e. The number of fused-ring (bicyclic) bond motifs is 1. The highest BCUT2D eigenvalue weighted by molar-refractivity contribution is 9.09.